The van der Waals surface area contributed by atoms with E-state index in [2.05, 4.69) is 5.32 Å². The first-order chi connectivity index (χ1) is 6.90. The molecule has 0 saturated heterocycles. The Kier molecular flexibility index (Phi) is 5.93. The van der Waals surface area contributed by atoms with E-state index in [0.29, 0.717) is 19.4 Å². The van der Waals surface area contributed by atoms with Crippen LogP contribution in [0.3, 0.4) is 0 Å². The van der Waals surface area contributed by atoms with Crippen LogP contribution in [0, 0.1) is 5.41 Å². The summed E-state index contributed by atoms with van der Waals surface area (Å²) >= 11 is 0. The fraction of sp³-hybridized carbons (Fsp3) is 0.800. The Balaban J connectivity index is 3.79. The normalized spacial score (nSPS) is 11.1. The number of carbonyl (C=O) groups excluding carboxylic acids is 1. The zero-order valence-corrected chi connectivity index (χ0v) is 9.25. The lowest BCUT2D eigenvalue weighted by atomic mass is 9.89. The minimum Gasteiger partial charge on any atom is -0.481 e. The fourth-order valence-electron chi connectivity index (χ4n) is 1.00. The molecule has 0 aromatic rings. The molecule has 0 rings (SSSR count). The molecule has 0 radical (unpaired) electrons. The Morgan fingerprint density at radius 2 is 1.87 bits per heavy atom. The molecule has 0 aromatic carbocycles. The van der Waals surface area contributed by atoms with Gasteiger partial charge in [-0.05, 0) is 26.7 Å². The van der Waals surface area contributed by atoms with Crippen LogP contribution in [0.1, 0.15) is 33.1 Å². The maximum absolute atomic E-state index is 11.3. The molecule has 5 nitrogen and oxygen atoms in total. The molecule has 0 fully saturated rings. The summed E-state index contributed by atoms with van der Waals surface area (Å²) in [4.78, 5) is 22.0. The summed E-state index contributed by atoms with van der Waals surface area (Å²) in [5, 5.41) is 19.9. The van der Waals surface area contributed by atoms with Gasteiger partial charge in [0, 0.05) is 19.6 Å². The van der Waals surface area contributed by atoms with Gasteiger partial charge in [-0.2, -0.15) is 0 Å². The summed E-state index contributed by atoms with van der Waals surface area (Å²) in [5.41, 5.74) is -1.03. The van der Waals surface area contributed by atoms with Gasteiger partial charge in [-0.1, -0.05) is 0 Å². The molecule has 15 heavy (non-hydrogen) atoms. The largest absolute Gasteiger partial charge is 0.481 e. The van der Waals surface area contributed by atoms with Crippen molar-refractivity contribution in [3.05, 3.63) is 0 Å². The number of aliphatic hydroxyl groups excluding tert-OH is 1. The van der Waals surface area contributed by atoms with E-state index >= 15 is 0 Å². The number of amides is 1. The van der Waals surface area contributed by atoms with Crippen molar-refractivity contribution < 1.29 is 19.8 Å². The van der Waals surface area contributed by atoms with Gasteiger partial charge >= 0.3 is 5.97 Å². The van der Waals surface area contributed by atoms with Crippen molar-refractivity contribution in [3.63, 3.8) is 0 Å². The quantitative estimate of drug-likeness (QED) is 0.538. The number of unbranched alkanes of at least 4 members (excludes halogenated alkanes) is 1. The zero-order chi connectivity index (χ0) is 11.9. The molecule has 0 atom stereocenters. The van der Waals surface area contributed by atoms with Crippen LogP contribution < -0.4 is 5.32 Å². The molecule has 0 saturated carbocycles. The van der Waals surface area contributed by atoms with Crippen LogP contribution in [0.4, 0.5) is 0 Å². The highest BCUT2D eigenvalue weighted by atomic mass is 16.4. The number of hydrogen-bond donors (Lipinski definition) is 3. The molecule has 0 bridgehead atoms. The third-order valence-corrected chi connectivity index (χ3v) is 2.09. The molecule has 5 heteroatoms. The summed E-state index contributed by atoms with van der Waals surface area (Å²) in [5.74, 6) is -1.24. The maximum atomic E-state index is 11.3. The molecule has 88 valence electrons. The molecule has 0 heterocycles. The van der Waals surface area contributed by atoms with Gasteiger partial charge in [0.2, 0.25) is 5.91 Å². The Hall–Kier alpha value is -1.10. The van der Waals surface area contributed by atoms with Crippen LogP contribution in [0.5, 0.6) is 0 Å². The number of nitrogens with one attached hydrogen (secondary N) is 1. The molecule has 0 aromatic heterocycles. The maximum Gasteiger partial charge on any atom is 0.309 e. The molecule has 3 N–H and O–H groups in total. The molecule has 0 spiro atoms. The Labute approximate surface area is 89.5 Å². The van der Waals surface area contributed by atoms with Gasteiger partial charge in [0.05, 0.1) is 5.41 Å². The second-order valence-corrected chi connectivity index (χ2v) is 4.15. The molecule has 0 aliphatic rings. The van der Waals surface area contributed by atoms with Gasteiger partial charge in [-0.3, -0.25) is 9.59 Å². The summed E-state index contributed by atoms with van der Waals surface area (Å²) in [6.07, 6.45) is 1.32. The average molecular weight is 217 g/mol. The predicted molar refractivity (Wildman–Crippen MR) is 55.4 cm³/mol. The highest BCUT2D eigenvalue weighted by molar-refractivity contribution is 5.84. The van der Waals surface area contributed by atoms with E-state index in [1.807, 2.05) is 0 Å². The number of rotatable bonds is 7. The van der Waals surface area contributed by atoms with E-state index in [0.717, 1.165) is 0 Å². The molecule has 1 amide bonds. The molecule has 0 aliphatic carbocycles. The van der Waals surface area contributed by atoms with Gasteiger partial charge < -0.3 is 15.5 Å². The van der Waals surface area contributed by atoms with E-state index in [-0.39, 0.29) is 18.9 Å². The van der Waals surface area contributed by atoms with E-state index in [1.54, 1.807) is 0 Å². The first-order valence-electron chi connectivity index (χ1n) is 5.01. The van der Waals surface area contributed by atoms with Crippen molar-refractivity contribution in [3.8, 4) is 0 Å². The molecular weight excluding hydrogens is 198 g/mol. The van der Waals surface area contributed by atoms with Crippen molar-refractivity contribution in [2.24, 2.45) is 5.41 Å². The predicted octanol–water partition coefficient (Wildman–Crippen LogP) is 0.376. The van der Waals surface area contributed by atoms with Crippen LogP contribution in [0.25, 0.3) is 0 Å². The van der Waals surface area contributed by atoms with Crippen LogP contribution >= 0.6 is 0 Å². The second kappa shape index (κ2) is 6.40. The van der Waals surface area contributed by atoms with E-state index in [4.69, 9.17) is 10.2 Å². The van der Waals surface area contributed by atoms with Crippen molar-refractivity contribution >= 4 is 11.9 Å². The Morgan fingerprint density at radius 1 is 1.27 bits per heavy atom. The summed E-state index contributed by atoms with van der Waals surface area (Å²) in [6.45, 7) is 3.62. The average Bonchev–Trinajstić information content (AvgIpc) is 2.11. The van der Waals surface area contributed by atoms with Crippen molar-refractivity contribution in [2.75, 3.05) is 13.2 Å². The standard InChI is InChI=1S/C10H19NO4/c1-10(2,9(14)15)7-8(13)11-5-3-4-6-12/h12H,3-7H2,1-2H3,(H,11,13)(H,14,15). The Morgan fingerprint density at radius 3 is 2.33 bits per heavy atom. The Bertz CT molecular complexity index is 225. The van der Waals surface area contributed by atoms with Gasteiger partial charge in [0.25, 0.3) is 0 Å². The smallest absolute Gasteiger partial charge is 0.309 e. The number of hydrogen-bond acceptors (Lipinski definition) is 3. The lowest BCUT2D eigenvalue weighted by molar-refractivity contribution is -0.149. The summed E-state index contributed by atoms with van der Waals surface area (Å²) < 4.78 is 0. The lowest BCUT2D eigenvalue weighted by Gasteiger charge is -2.18. The van der Waals surface area contributed by atoms with E-state index in [1.165, 1.54) is 13.8 Å². The monoisotopic (exact) mass is 217 g/mol. The van der Waals surface area contributed by atoms with E-state index in [9.17, 15) is 9.59 Å². The minimum absolute atomic E-state index is 0.0263. The highest BCUT2D eigenvalue weighted by Crippen LogP contribution is 2.19. The molecule has 0 aliphatic heterocycles. The van der Waals surface area contributed by atoms with Crippen LogP contribution in [-0.4, -0.2) is 35.2 Å². The van der Waals surface area contributed by atoms with Crippen LogP contribution in [-0.2, 0) is 9.59 Å². The molecular formula is C10H19NO4. The third-order valence-electron chi connectivity index (χ3n) is 2.09. The number of aliphatic hydroxyl groups is 1. The SMILES string of the molecule is CC(C)(CC(=O)NCCCCO)C(=O)O. The number of carboxylic acid groups (broad SMARTS) is 1. The van der Waals surface area contributed by atoms with Gasteiger partial charge in [0.1, 0.15) is 0 Å². The lowest BCUT2D eigenvalue weighted by Crippen LogP contribution is -2.33. The fourth-order valence-corrected chi connectivity index (χ4v) is 1.00. The van der Waals surface area contributed by atoms with Gasteiger partial charge in [-0.15, -0.1) is 0 Å². The number of carboxylic acids is 1. The second-order valence-electron chi connectivity index (χ2n) is 4.15. The van der Waals surface area contributed by atoms with E-state index < -0.39 is 11.4 Å². The molecule has 0 unspecified atom stereocenters. The minimum atomic E-state index is -1.03. The van der Waals surface area contributed by atoms with Crippen molar-refractivity contribution in [1.29, 1.82) is 0 Å². The highest BCUT2D eigenvalue weighted by Gasteiger charge is 2.29. The van der Waals surface area contributed by atoms with Crippen molar-refractivity contribution in [1.82, 2.24) is 5.32 Å². The zero-order valence-electron chi connectivity index (χ0n) is 9.25. The first kappa shape index (κ1) is 13.9. The van der Waals surface area contributed by atoms with Crippen LogP contribution in [0.15, 0.2) is 0 Å². The first-order valence-corrected chi connectivity index (χ1v) is 5.01. The topological polar surface area (TPSA) is 86.6 Å². The summed E-state index contributed by atoms with van der Waals surface area (Å²) in [7, 11) is 0. The summed E-state index contributed by atoms with van der Waals surface area (Å²) in [6, 6.07) is 0. The van der Waals surface area contributed by atoms with Gasteiger partial charge in [0.15, 0.2) is 0 Å². The van der Waals surface area contributed by atoms with Crippen molar-refractivity contribution in [2.45, 2.75) is 33.1 Å². The van der Waals surface area contributed by atoms with Crippen LogP contribution in [0.2, 0.25) is 0 Å². The van der Waals surface area contributed by atoms with Gasteiger partial charge in [-0.25, -0.2) is 0 Å². The number of aliphatic carboxylic acids is 1. The third kappa shape index (κ3) is 6.06. The number of carbonyl (C=O) groups is 2.